The van der Waals surface area contributed by atoms with E-state index in [-0.39, 0.29) is 5.76 Å². The minimum Gasteiger partial charge on any atom is -0.497 e. The van der Waals surface area contributed by atoms with Gasteiger partial charge in [0.25, 0.3) is 5.91 Å². The second-order valence-corrected chi connectivity index (χ2v) is 6.20. The number of thiazole rings is 1. The smallest absolute Gasteiger partial charge is 0.296 e. The SMILES string of the molecule is COc1ccc2oc(-c3csc(NC(=O)c4cc(C)no4)n3)cc2c1. The van der Waals surface area contributed by atoms with E-state index in [2.05, 4.69) is 15.5 Å². The lowest BCUT2D eigenvalue weighted by atomic mass is 10.2. The van der Waals surface area contributed by atoms with Crippen molar-refractivity contribution in [2.45, 2.75) is 6.92 Å². The van der Waals surface area contributed by atoms with E-state index in [0.717, 1.165) is 16.7 Å². The fraction of sp³-hybridized carbons (Fsp3) is 0.118. The molecule has 0 aliphatic heterocycles. The molecule has 4 aromatic rings. The van der Waals surface area contributed by atoms with E-state index >= 15 is 0 Å². The number of fused-ring (bicyclic) bond motifs is 1. The molecule has 0 spiro atoms. The fourth-order valence-corrected chi connectivity index (χ4v) is 3.04. The van der Waals surface area contributed by atoms with Gasteiger partial charge in [0.15, 0.2) is 10.9 Å². The molecule has 3 heterocycles. The summed E-state index contributed by atoms with van der Waals surface area (Å²) in [5.74, 6) is 1.13. The summed E-state index contributed by atoms with van der Waals surface area (Å²) in [6.45, 7) is 1.75. The molecule has 7 nitrogen and oxygen atoms in total. The summed E-state index contributed by atoms with van der Waals surface area (Å²) in [5, 5.41) is 9.57. The average Bonchev–Trinajstić information content (AvgIpc) is 3.32. The molecule has 0 aliphatic rings. The van der Waals surface area contributed by atoms with Crippen molar-refractivity contribution in [3.8, 4) is 17.2 Å². The summed E-state index contributed by atoms with van der Waals surface area (Å²) in [5.41, 5.74) is 2.03. The summed E-state index contributed by atoms with van der Waals surface area (Å²) in [6, 6.07) is 9.03. The van der Waals surface area contributed by atoms with Crippen LogP contribution in [-0.4, -0.2) is 23.2 Å². The summed E-state index contributed by atoms with van der Waals surface area (Å²) in [7, 11) is 1.62. The van der Waals surface area contributed by atoms with Crippen LogP contribution >= 0.6 is 11.3 Å². The molecule has 0 saturated carbocycles. The Morgan fingerprint density at radius 2 is 2.16 bits per heavy atom. The number of amides is 1. The second-order valence-electron chi connectivity index (χ2n) is 5.34. The molecule has 0 bridgehead atoms. The van der Waals surface area contributed by atoms with E-state index in [0.29, 0.717) is 22.3 Å². The van der Waals surface area contributed by atoms with E-state index in [1.807, 2.05) is 29.6 Å². The van der Waals surface area contributed by atoms with Crippen LogP contribution < -0.4 is 10.1 Å². The zero-order chi connectivity index (χ0) is 17.4. The van der Waals surface area contributed by atoms with E-state index in [4.69, 9.17) is 13.7 Å². The van der Waals surface area contributed by atoms with Crippen LogP contribution in [-0.2, 0) is 0 Å². The lowest BCUT2D eigenvalue weighted by Crippen LogP contribution is -2.10. The number of aryl methyl sites for hydroxylation is 1. The summed E-state index contributed by atoms with van der Waals surface area (Å²) >= 11 is 1.30. The van der Waals surface area contributed by atoms with Crippen LogP contribution in [0, 0.1) is 6.92 Å². The third kappa shape index (κ3) is 2.99. The highest BCUT2D eigenvalue weighted by Gasteiger charge is 2.15. The van der Waals surface area contributed by atoms with Gasteiger partial charge in [-0.15, -0.1) is 11.3 Å². The van der Waals surface area contributed by atoms with Crippen molar-refractivity contribution in [2.75, 3.05) is 12.4 Å². The Morgan fingerprint density at radius 1 is 1.28 bits per heavy atom. The van der Waals surface area contributed by atoms with Gasteiger partial charge in [0.05, 0.1) is 12.8 Å². The zero-order valence-electron chi connectivity index (χ0n) is 13.4. The molecule has 0 atom stereocenters. The maximum absolute atomic E-state index is 12.1. The first-order chi connectivity index (χ1) is 12.1. The van der Waals surface area contributed by atoms with Crippen LogP contribution in [0.15, 0.2) is 44.7 Å². The highest BCUT2D eigenvalue weighted by atomic mass is 32.1. The van der Waals surface area contributed by atoms with Gasteiger partial charge in [-0.3, -0.25) is 10.1 Å². The molecule has 25 heavy (non-hydrogen) atoms. The fourth-order valence-electron chi connectivity index (χ4n) is 2.35. The van der Waals surface area contributed by atoms with Crippen molar-refractivity contribution in [1.82, 2.24) is 10.1 Å². The number of carbonyl (C=O) groups is 1. The Labute approximate surface area is 146 Å². The van der Waals surface area contributed by atoms with Gasteiger partial charge in [-0.25, -0.2) is 4.98 Å². The summed E-state index contributed by atoms with van der Waals surface area (Å²) in [6.07, 6.45) is 0. The van der Waals surface area contributed by atoms with Gasteiger partial charge in [0.1, 0.15) is 17.0 Å². The molecule has 4 rings (SSSR count). The van der Waals surface area contributed by atoms with Gasteiger partial charge in [0.2, 0.25) is 5.76 Å². The Morgan fingerprint density at radius 3 is 2.92 bits per heavy atom. The first-order valence-corrected chi connectivity index (χ1v) is 8.28. The van der Waals surface area contributed by atoms with Crippen LogP contribution in [0.25, 0.3) is 22.4 Å². The van der Waals surface area contributed by atoms with Crippen molar-refractivity contribution in [3.05, 3.63) is 47.2 Å². The van der Waals surface area contributed by atoms with Gasteiger partial charge < -0.3 is 13.7 Å². The van der Waals surface area contributed by atoms with Crippen LogP contribution in [0.4, 0.5) is 5.13 Å². The maximum atomic E-state index is 12.1. The molecule has 0 saturated heterocycles. The van der Waals surface area contributed by atoms with Gasteiger partial charge in [0, 0.05) is 16.8 Å². The zero-order valence-corrected chi connectivity index (χ0v) is 14.2. The van der Waals surface area contributed by atoms with Crippen molar-refractivity contribution >= 4 is 33.3 Å². The van der Waals surface area contributed by atoms with E-state index in [1.54, 1.807) is 20.1 Å². The number of rotatable bonds is 4. The van der Waals surface area contributed by atoms with E-state index in [1.165, 1.54) is 11.3 Å². The predicted molar refractivity (Wildman–Crippen MR) is 93.1 cm³/mol. The topological polar surface area (TPSA) is 90.4 Å². The largest absolute Gasteiger partial charge is 0.497 e. The Hall–Kier alpha value is -3.13. The number of hydrogen-bond donors (Lipinski definition) is 1. The third-order valence-electron chi connectivity index (χ3n) is 3.55. The quantitative estimate of drug-likeness (QED) is 0.592. The molecular weight excluding hydrogens is 342 g/mol. The van der Waals surface area contributed by atoms with Crippen molar-refractivity contribution < 1.29 is 18.5 Å². The van der Waals surface area contributed by atoms with Crippen LogP contribution in [0.1, 0.15) is 16.2 Å². The molecule has 8 heteroatoms. The number of anilines is 1. The molecule has 0 unspecified atom stereocenters. The van der Waals surface area contributed by atoms with Crippen LogP contribution in [0.2, 0.25) is 0 Å². The summed E-state index contributed by atoms with van der Waals surface area (Å²) < 4.78 is 16.0. The predicted octanol–water partition coefficient (Wildman–Crippen LogP) is 4.11. The molecule has 1 N–H and O–H groups in total. The highest BCUT2D eigenvalue weighted by Crippen LogP contribution is 2.32. The Balaban J connectivity index is 1.57. The third-order valence-corrected chi connectivity index (χ3v) is 4.31. The highest BCUT2D eigenvalue weighted by molar-refractivity contribution is 7.14. The number of hydrogen-bond acceptors (Lipinski definition) is 7. The van der Waals surface area contributed by atoms with Gasteiger partial charge in [-0.05, 0) is 31.2 Å². The number of nitrogens with one attached hydrogen (secondary N) is 1. The number of ether oxygens (including phenoxy) is 1. The van der Waals surface area contributed by atoms with Gasteiger partial charge in [-0.2, -0.15) is 0 Å². The van der Waals surface area contributed by atoms with Crippen LogP contribution in [0.5, 0.6) is 5.75 Å². The summed E-state index contributed by atoms with van der Waals surface area (Å²) in [4.78, 5) is 16.5. The van der Waals surface area contributed by atoms with E-state index in [9.17, 15) is 4.79 Å². The van der Waals surface area contributed by atoms with Crippen molar-refractivity contribution in [2.24, 2.45) is 0 Å². The standard InChI is InChI=1S/C17H13N3O4S/c1-9-5-15(24-20-9)16(21)19-17-18-12(8-25-17)14-7-10-6-11(22-2)3-4-13(10)23-14/h3-8H,1-2H3,(H,18,19,21). The molecular formula is C17H13N3O4S. The lowest BCUT2D eigenvalue weighted by Gasteiger charge is -1.96. The average molecular weight is 355 g/mol. The monoisotopic (exact) mass is 355 g/mol. The molecule has 1 amide bonds. The number of nitrogens with zero attached hydrogens (tertiary/aromatic N) is 2. The molecule has 0 aliphatic carbocycles. The van der Waals surface area contributed by atoms with E-state index < -0.39 is 5.91 Å². The van der Waals surface area contributed by atoms with Crippen molar-refractivity contribution in [3.63, 3.8) is 0 Å². The number of benzene rings is 1. The number of methoxy groups -OCH3 is 1. The minimum absolute atomic E-state index is 0.144. The van der Waals surface area contributed by atoms with Gasteiger partial charge in [-0.1, -0.05) is 5.16 Å². The maximum Gasteiger partial charge on any atom is 0.296 e. The number of carbonyl (C=O) groups excluding carboxylic acids is 1. The second kappa shape index (κ2) is 6.06. The Kier molecular flexibility index (Phi) is 3.73. The van der Waals surface area contributed by atoms with Crippen LogP contribution in [0.3, 0.4) is 0 Å². The molecule has 0 radical (unpaired) electrons. The molecule has 1 aromatic carbocycles. The first-order valence-electron chi connectivity index (χ1n) is 7.40. The Bertz CT molecular complexity index is 1060. The first kappa shape index (κ1) is 15.4. The number of aromatic nitrogens is 2. The number of furan rings is 1. The normalized spacial score (nSPS) is 11.0. The molecule has 3 aromatic heterocycles. The van der Waals surface area contributed by atoms with Gasteiger partial charge >= 0.3 is 0 Å². The van der Waals surface area contributed by atoms with Crippen molar-refractivity contribution in [1.29, 1.82) is 0 Å². The molecule has 126 valence electrons. The lowest BCUT2D eigenvalue weighted by molar-refractivity contribution is 0.0988. The minimum atomic E-state index is -0.393. The molecule has 0 fully saturated rings.